The Morgan fingerprint density at radius 1 is 1.21 bits per heavy atom. The molecule has 3 aromatic rings. The summed E-state index contributed by atoms with van der Waals surface area (Å²) in [5.74, 6) is 1.26. The van der Waals surface area contributed by atoms with Crippen LogP contribution in [0, 0.1) is 12.7 Å². The zero-order valence-corrected chi connectivity index (χ0v) is 19.6. The second-order valence-electron chi connectivity index (χ2n) is 8.34. The highest BCUT2D eigenvalue weighted by Gasteiger charge is 2.35. The van der Waals surface area contributed by atoms with Crippen LogP contribution >= 0.6 is 11.6 Å². The number of halogens is 2. The van der Waals surface area contributed by atoms with Gasteiger partial charge in [-0.1, -0.05) is 35.9 Å². The Morgan fingerprint density at radius 3 is 2.82 bits per heavy atom. The first-order valence-corrected chi connectivity index (χ1v) is 11.4. The van der Waals surface area contributed by atoms with Crippen LogP contribution in [-0.2, 0) is 13.0 Å². The van der Waals surface area contributed by atoms with Crippen molar-refractivity contribution in [1.29, 1.82) is 0 Å². The molecule has 0 aromatic heterocycles. The smallest absolute Gasteiger partial charge is 0.232 e. The third kappa shape index (κ3) is 4.04. The molecule has 0 saturated carbocycles. The molecule has 0 atom stereocenters. The van der Waals surface area contributed by atoms with E-state index in [1.807, 2.05) is 37.3 Å². The minimum absolute atomic E-state index is 0.0460. The first kappa shape index (κ1) is 22.4. The summed E-state index contributed by atoms with van der Waals surface area (Å²) < 4.78 is 31.8. The Morgan fingerprint density at radius 2 is 2.03 bits per heavy atom. The number of benzene rings is 3. The van der Waals surface area contributed by atoms with Crippen LogP contribution < -0.4 is 14.2 Å². The van der Waals surface area contributed by atoms with Gasteiger partial charge in [-0.3, -0.25) is 9.69 Å². The minimum atomic E-state index is -0.517. The van der Waals surface area contributed by atoms with Gasteiger partial charge in [0.1, 0.15) is 29.8 Å². The van der Waals surface area contributed by atoms with Crippen molar-refractivity contribution in [1.82, 2.24) is 4.90 Å². The average Bonchev–Trinajstić information content (AvgIpc) is 3.17. The molecule has 2 heterocycles. The predicted octanol–water partition coefficient (Wildman–Crippen LogP) is 5.81. The third-order valence-corrected chi connectivity index (χ3v) is 6.48. The van der Waals surface area contributed by atoms with Gasteiger partial charge >= 0.3 is 0 Å². The summed E-state index contributed by atoms with van der Waals surface area (Å²) in [6, 6.07) is 14.2. The van der Waals surface area contributed by atoms with Gasteiger partial charge in [0.2, 0.25) is 5.78 Å². The Labute approximate surface area is 202 Å². The number of ketones is 1. The van der Waals surface area contributed by atoms with Crippen molar-refractivity contribution in [2.24, 2.45) is 0 Å². The monoisotopic (exact) mass is 479 g/mol. The summed E-state index contributed by atoms with van der Waals surface area (Å²) in [6.07, 6.45) is 2.16. The lowest BCUT2D eigenvalue weighted by atomic mass is 9.98. The Bertz CT molecular complexity index is 1300. The fraction of sp³-hybridized carbons (Fsp3) is 0.222. The molecule has 0 saturated heterocycles. The molecule has 7 heteroatoms. The lowest BCUT2D eigenvalue weighted by Gasteiger charge is -2.30. The SMILES string of the molecule is COc1ccccc1CCN1COc2cc(C)c3c(c2C1)O/C(=C\c1c(F)cccc1Cl)C3=O. The van der Waals surface area contributed by atoms with E-state index in [1.165, 1.54) is 18.2 Å². The maximum Gasteiger partial charge on any atom is 0.232 e. The van der Waals surface area contributed by atoms with Crippen LogP contribution in [0.15, 0.2) is 54.3 Å². The summed E-state index contributed by atoms with van der Waals surface area (Å²) in [7, 11) is 1.67. The molecule has 3 aromatic carbocycles. The van der Waals surface area contributed by atoms with Crippen molar-refractivity contribution in [3.8, 4) is 17.2 Å². The van der Waals surface area contributed by atoms with Gasteiger partial charge in [0, 0.05) is 18.7 Å². The summed E-state index contributed by atoms with van der Waals surface area (Å²) in [5.41, 5.74) is 3.28. The van der Waals surface area contributed by atoms with Crippen LogP contribution in [0.25, 0.3) is 6.08 Å². The van der Waals surface area contributed by atoms with Gasteiger partial charge < -0.3 is 14.2 Å². The third-order valence-electron chi connectivity index (χ3n) is 6.15. The predicted molar refractivity (Wildman–Crippen MR) is 128 cm³/mol. The van der Waals surface area contributed by atoms with Gasteiger partial charge in [0.15, 0.2) is 5.76 Å². The molecule has 0 fully saturated rings. The molecule has 0 unspecified atom stereocenters. The van der Waals surface area contributed by atoms with Crippen molar-refractivity contribution in [2.45, 2.75) is 19.9 Å². The fourth-order valence-corrected chi connectivity index (χ4v) is 4.60. The summed E-state index contributed by atoms with van der Waals surface area (Å²) in [4.78, 5) is 15.3. The lowest BCUT2D eigenvalue weighted by molar-refractivity contribution is 0.0947. The number of fused-ring (bicyclic) bond motifs is 3. The molecule has 0 radical (unpaired) electrons. The highest BCUT2D eigenvalue weighted by atomic mass is 35.5. The number of aryl methyl sites for hydroxylation is 1. The molecular weight excluding hydrogens is 457 g/mol. The van der Waals surface area contributed by atoms with Crippen molar-refractivity contribution >= 4 is 23.5 Å². The second kappa shape index (κ2) is 9.12. The van der Waals surface area contributed by atoms with Crippen LogP contribution in [0.4, 0.5) is 4.39 Å². The normalized spacial score (nSPS) is 16.1. The van der Waals surface area contributed by atoms with E-state index in [2.05, 4.69) is 4.90 Å². The summed E-state index contributed by atoms with van der Waals surface area (Å²) in [6.45, 7) is 3.58. The van der Waals surface area contributed by atoms with Crippen LogP contribution in [0.3, 0.4) is 0 Å². The number of allylic oxidation sites excluding steroid dienone is 1. The lowest BCUT2D eigenvalue weighted by Crippen LogP contribution is -2.34. The highest BCUT2D eigenvalue weighted by Crippen LogP contribution is 2.44. The van der Waals surface area contributed by atoms with E-state index >= 15 is 0 Å². The van der Waals surface area contributed by atoms with Gasteiger partial charge in [0.25, 0.3) is 0 Å². The molecule has 2 aliphatic rings. The molecule has 34 heavy (non-hydrogen) atoms. The Balaban J connectivity index is 1.42. The number of ether oxygens (including phenoxy) is 3. The number of carbonyl (C=O) groups is 1. The number of para-hydroxylation sites is 1. The maximum atomic E-state index is 14.3. The van der Waals surface area contributed by atoms with E-state index in [9.17, 15) is 9.18 Å². The number of Topliss-reactive ketones (excluding diaryl/α,β-unsaturated/α-hetero) is 1. The minimum Gasteiger partial charge on any atom is -0.496 e. The zero-order valence-electron chi connectivity index (χ0n) is 18.9. The molecule has 0 spiro atoms. The van der Waals surface area contributed by atoms with Gasteiger partial charge in [0.05, 0.1) is 23.3 Å². The molecule has 0 aliphatic carbocycles. The number of methoxy groups -OCH3 is 1. The summed E-state index contributed by atoms with van der Waals surface area (Å²) in [5, 5.41) is 0.212. The average molecular weight is 480 g/mol. The van der Waals surface area contributed by atoms with E-state index in [4.69, 9.17) is 25.8 Å². The van der Waals surface area contributed by atoms with Crippen LogP contribution in [-0.4, -0.2) is 31.1 Å². The number of nitrogens with zero attached hydrogens (tertiary/aromatic N) is 1. The molecule has 0 bridgehead atoms. The topological polar surface area (TPSA) is 48.0 Å². The van der Waals surface area contributed by atoms with Gasteiger partial charge in [-0.15, -0.1) is 0 Å². The first-order valence-electron chi connectivity index (χ1n) is 11.0. The molecular formula is C27H23ClFNO4. The molecule has 0 amide bonds. The number of carbonyl (C=O) groups excluding carboxylic acids is 1. The van der Waals surface area contributed by atoms with Crippen LogP contribution in [0.2, 0.25) is 5.02 Å². The van der Waals surface area contributed by atoms with Crippen molar-refractivity contribution in [2.75, 3.05) is 20.4 Å². The van der Waals surface area contributed by atoms with Gasteiger partial charge in [-0.05, 0) is 54.8 Å². The van der Waals surface area contributed by atoms with Crippen molar-refractivity contribution in [3.05, 3.63) is 92.9 Å². The quantitative estimate of drug-likeness (QED) is 0.432. The molecule has 5 rings (SSSR count). The number of rotatable bonds is 5. The number of hydrogen-bond acceptors (Lipinski definition) is 5. The standard InChI is InChI=1S/C27H23ClFNO4/c1-16-12-23-19(14-30(15-33-23)11-10-17-6-3-4-9-22(17)32-2)27-25(16)26(31)24(34-27)13-18-20(28)7-5-8-21(18)29/h3-9,12-13H,10-11,14-15H2,1-2H3/b24-13-. The van der Waals surface area contributed by atoms with Crippen molar-refractivity contribution < 1.29 is 23.4 Å². The molecule has 2 aliphatic heterocycles. The van der Waals surface area contributed by atoms with Crippen molar-refractivity contribution in [3.63, 3.8) is 0 Å². The van der Waals surface area contributed by atoms with E-state index in [1.54, 1.807) is 13.2 Å². The van der Waals surface area contributed by atoms with Crippen LogP contribution in [0.5, 0.6) is 17.2 Å². The number of hydrogen-bond donors (Lipinski definition) is 0. The molecule has 5 nitrogen and oxygen atoms in total. The van der Waals surface area contributed by atoms with Crippen LogP contribution in [0.1, 0.15) is 32.6 Å². The zero-order chi connectivity index (χ0) is 23.8. The van der Waals surface area contributed by atoms with E-state index in [0.29, 0.717) is 30.3 Å². The second-order valence-corrected chi connectivity index (χ2v) is 8.74. The highest BCUT2D eigenvalue weighted by molar-refractivity contribution is 6.32. The fourth-order valence-electron chi connectivity index (χ4n) is 4.39. The Hall–Kier alpha value is -3.35. The molecule has 0 N–H and O–H groups in total. The molecule has 174 valence electrons. The van der Waals surface area contributed by atoms with E-state index < -0.39 is 5.82 Å². The van der Waals surface area contributed by atoms with E-state index in [-0.39, 0.29) is 22.1 Å². The Kier molecular flexibility index (Phi) is 6.02. The largest absolute Gasteiger partial charge is 0.496 e. The van der Waals surface area contributed by atoms with Gasteiger partial charge in [-0.2, -0.15) is 0 Å². The summed E-state index contributed by atoms with van der Waals surface area (Å²) >= 11 is 6.15. The van der Waals surface area contributed by atoms with E-state index in [0.717, 1.165) is 35.4 Å². The van der Waals surface area contributed by atoms with Gasteiger partial charge in [-0.25, -0.2) is 4.39 Å². The maximum absolute atomic E-state index is 14.3. The first-order chi connectivity index (χ1) is 16.5.